The molecule has 0 aliphatic heterocycles. The molecule has 0 aromatic heterocycles. The zero-order chi connectivity index (χ0) is 13.9. The first kappa shape index (κ1) is 14.4. The molecule has 1 saturated carbocycles. The first-order chi connectivity index (χ1) is 8.26. The SMILES string of the molecule is CN=C1CC(C)(C)CC(=O)/C1=C(\O)CCC(=O)O. The zero-order valence-electron chi connectivity index (χ0n) is 11.0. The van der Waals surface area contributed by atoms with E-state index < -0.39 is 5.97 Å². The van der Waals surface area contributed by atoms with Crippen molar-refractivity contribution in [3.63, 3.8) is 0 Å². The second kappa shape index (κ2) is 5.33. The maximum Gasteiger partial charge on any atom is 0.303 e. The van der Waals surface area contributed by atoms with Crippen LogP contribution in [0.25, 0.3) is 0 Å². The molecular formula is C13H19NO4. The van der Waals surface area contributed by atoms with Crippen LogP contribution in [0.4, 0.5) is 0 Å². The predicted molar refractivity (Wildman–Crippen MR) is 67.9 cm³/mol. The molecule has 1 fully saturated rings. The zero-order valence-corrected chi connectivity index (χ0v) is 11.0. The topological polar surface area (TPSA) is 87.0 Å². The Balaban J connectivity index is 3.02. The summed E-state index contributed by atoms with van der Waals surface area (Å²) in [7, 11) is 1.58. The van der Waals surface area contributed by atoms with Crippen molar-refractivity contribution < 1.29 is 19.8 Å². The number of Topliss-reactive ketones (excluding diaryl/α,β-unsaturated/α-hetero) is 1. The Morgan fingerprint density at radius 1 is 1.28 bits per heavy atom. The molecule has 1 aliphatic carbocycles. The van der Waals surface area contributed by atoms with E-state index in [0.29, 0.717) is 18.6 Å². The minimum atomic E-state index is -0.999. The van der Waals surface area contributed by atoms with Gasteiger partial charge in [-0.1, -0.05) is 13.8 Å². The van der Waals surface area contributed by atoms with Gasteiger partial charge < -0.3 is 10.2 Å². The number of hydrogen-bond acceptors (Lipinski definition) is 4. The fourth-order valence-electron chi connectivity index (χ4n) is 2.16. The number of allylic oxidation sites excluding steroid dienone is 2. The van der Waals surface area contributed by atoms with Gasteiger partial charge in [-0.05, 0) is 11.8 Å². The summed E-state index contributed by atoms with van der Waals surface area (Å²) in [6.45, 7) is 3.95. The molecular weight excluding hydrogens is 234 g/mol. The lowest BCUT2D eigenvalue weighted by Crippen LogP contribution is -2.32. The molecule has 0 aromatic rings. The molecule has 1 aliphatic rings. The van der Waals surface area contributed by atoms with Crippen LogP contribution in [0.15, 0.2) is 16.3 Å². The van der Waals surface area contributed by atoms with Gasteiger partial charge in [0, 0.05) is 25.6 Å². The van der Waals surface area contributed by atoms with Gasteiger partial charge in [0.2, 0.25) is 0 Å². The summed E-state index contributed by atoms with van der Waals surface area (Å²) in [4.78, 5) is 26.5. The van der Waals surface area contributed by atoms with Crippen LogP contribution < -0.4 is 0 Å². The summed E-state index contributed by atoms with van der Waals surface area (Å²) in [5.41, 5.74) is 0.625. The largest absolute Gasteiger partial charge is 0.511 e. The van der Waals surface area contributed by atoms with E-state index in [2.05, 4.69) is 4.99 Å². The van der Waals surface area contributed by atoms with Gasteiger partial charge in [-0.3, -0.25) is 14.6 Å². The molecule has 0 atom stereocenters. The molecule has 0 aromatic carbocycles. The molecule has 5 heteroatoms. The van der Waals surface area contributed by atoms with Crippen molar-refractivity contribution in [3.8, 4) is 0 Å². The van der Waals surface area contributed by atoms with Crippen LogP contribution in [0, 0.1) is 5.41 Å². The van der Waals surface area contributed by atoms with E-state index in [1.165, 1.54) is 0 Å². The second-order valence-corrected chi connectivity index (χ2v) is 5.33. The Hall–Kier alpha value is -1.65. The van der Waals surface area contributed by atoms with Gasteiger partial charge in [0.1, 0.15) is 5.76 Å². The van der Waals surface area contributed by atoms with Crippen molar-refractivity contribution in [1.29, 1.82) is 0 Å². The van der Waals surface area contributed by atoms with Gasteiger partial charge in [0.15, 0.2) is 5.78 Å². The van der Waals surface area contributed by atoms with E-state index in [4.69, 9.17) is 5.11 Å². The first-order valence-electron chi connectivity index (χ1n) is 5.90. The summed E-state index contributed by atoms with van der Waals surface area (Å²) in [5, 5.41) is 18.5. The number of ketones is 1. The quantitative estimate of drug-likeness (QED) is 0.595. The Morgan fingerprint density at radius 2 is 1.89 bits per heavy atom. The number of hydrogen-bond donors (Lipinski definition) is 2. The number of nitrogens with zero attached hydrogens (tertiary/aromatic N) is 1. The Morgan fingerprint density at radius 3 is 2.39 bits per heavy atom. The van der Waals surface area contributed by atoms with Gasteiger partial charge in [-0.25, -0.2) is 0 Å². The molecule has 0 radical (unpaired) electrons. The number of aliphatic hydroxyl groups is 1. The highest BCUT2D eigenvalue weighted by Gasteiger charge is 2.35. The average Bonchev–Trinajstić information content (AvgIpc) is 2.23. The van der Waals surface area contributed by atoms with Gasteiger partial charge in [0.25, 0.3) is 0 Å². The highest BCUT2D eigenvalue weighted by atomic mass is 16.4. The minimum absolute atomic E-state index is 0.0319. The third kappa shape index (κ3) is 3.42. The van der Waals surface area contributed by atoms with Crippen molar-refractivity contribution in [1.82, 2.24) is 0 Å². The highest BCUT2D eigenvalue weighted by Crippen LogP contribution is 2.35. The number of aliphatic imine (C=N–C) groups is 1. The molecule has 2 N–H and O–H groups in total. The van der Waals surface area contributed by atoms with E-state index >= 15 is 0 Å². The van der Waals surface area contributed by atoms with Crippen LogP contribution in [0.1, 0.15) is 39.5 Å². The fraction of sp³-hybridized carbons (Fsp3) is 0.615. The number of aliphatic carboxylic acids is 1. The van der Waals surface area contributed by atoms with Crippen LogP contribution in [0.3, 0.4) is 0 Å². The number of carbonyl (C=O) groups is 2. The summed E-state index contributed by atoms with van der Waals surface area (Å²) in [6, 6.07) is 0. The van der Waals surface area contributed by atoms with Crippen LogP contribution in [0.5, 0.6) is 0 Å². The van der Waals surface area contributed by atoms with Gasteiger partial charge in [-0.15, -0.1) is 0 Å². The molecule has 0 spiro atoms. The number of aliphatic hydroxyl groups excluding tert-OH is 1. The first-order valence-corrected chi connectivity index (χ1v) is 5.90. The van der Waals surface area contributed by atoms with E-state index in [1.807, 2.05) is 13.8 Å². The summed E-state index contributed by atoms with van der Waals surface area (Å²) in [6.07, 6.45) is 0.735. The van der Waals surface area contributed by atoms with E-state index in [-0.39, 0.29) is 35.4 Å². The van der Waals surface area contributed by atoms with Gasteiger partial charge >= 0.3 is 5.97 Å². The number of carboxylic acids is 1. The highest BCUT2D eigenvalue weighted by molar-refractivity contribution is 6.24. The molecule has 18 heavy (non-hydrogen) atoms. The molecule has 100 valence electrons. The molecule has 0 heterocycles. The normalized spacial score (nSPS) is 24.2. The number of rotatable bonds is 3. The molecule has 5 nitrogen and oxygen atoms in total. The van der Waals surface area contributed by atoms with E-state index in [1.54, 1.807) is 7.05 Å². The number of carboxylic acid groups (broad SMARTS) is 1. The molecule has 0 unspecified atom stereocenters. The Labute approximate surface area is 106 Å². The van der Waals surface area contributed by atoms with Crippen molar-refractivity contribution in [2.75, 3.05) is 7.05 Å². The smallest absolute Gasteiger partial charge is 0.303 e. The van der Waals surface area contributed by atoms with Crippen molar-refractivity contribution in [2.24, 2.45) is 10.4 Å². The minimum Gasteiger partial charge on any atom is -0.511 e. The number of carbonyl (C=O) groups excluding carboxylic acids is 1. The maximum atomic E-state index is 12.0. The summed E-state index contributed by atoms with van der Waals surface area (Å²) < 4.78 is 0. The Bertz CT molecular complexity index is 432. The monoisotopic (exact) mass is 253 g/mol. The van der Waals surface area contributed by atoms with Crippen LogP contribution in [-0.2, 0) is 9.59 Å². The lowest BCUT2D eigenvalue weighted by molar-refractivity contribution is -0.137. The van der Waals surface area contributed by atoms with Gasteiger partial charge in [0.05, 0.1) is 12.0 Å². The average molecular weight is 253 g/mol. The molecule has 1 rings (SSSR count). The van der Waals surface area contributed by atoms with Crippen molar-refractivity contribution in [2.45, 2.75) is 39.5 Å². The Kier molecular flexibility index (Phi) is 4.27. The summed E-state index contributed by atoms with van der Waals surface area (Å²) >= 11 is 0. The van der Waals surface area contributed by atoms with Gasteiger partial charge in [-0.2, -0.15) is 0 Å². The standard InChI is InChI=1S/C13H19NO4/c1-13(2)6-8(14-3)12(10(16)7-13)9(15)4-5-11(17)18/h15H,4-7H2,1-3H3,(H,17,18)/b12-9-,14-8?. The van der Waals surface area contributed by atoms with Crippen LogP contribution in [-0.4, -0.2) is 34.7 Å². The lowest BCUT2D eigenvalue weighted by atomic mass is 9.73. The van der Waals surface area contributed by atoms with E-state index in [0.717, 1.165) is 0 Å². The van der Waals surface area contributed by atoms with Crippen LogP contribution >= 0.6 is 0 Å². The third-order valence-corrected chi connectivity index (χ3v) is 2.99. The van der Waals surface area contributed by atoms with Crippen molar-refractivity contribution in [3.05, 3.63) is 11.3 Å². The van der Waals surface area contributed by atoms with Crippen LogP contribution in [0.2, 0.25) is 0 Å². The molecule has 0 bridgehead atoms. The van der Waals surface area contributed by atoms with E-state index in [9.17, 15) is 14.7 Å². The molecule has 0 amide bonds. The second-order valence-electron chi connectivity index (χ2n) is 5.33. The maximum absolute atomic E-state index is 12.0. The fourth-order valence-corrected chi connectivity index (χ4v) is 2.16. The third-order valence-electron chi connectivity index (χ3n) is 2.99. The molecule has 0 saturated heterocycles. The summed E-state index contributed by atoms with van der Waals surface area (Å²) in [5.74, 6) is -1.31. The predicted octanol–water partition coefficient (Wildman–Crippen LogP) is 2.12. The van der Waals surface area contributed by atoms with Crippen molar-refractivity contribution >= 4 is 17.5 Å². The lowest BCUT2D eigenvalue weighted by Gasteiger charge is -2.31.